The molecule has 5 atom stereocenters. The fraction of sp³-hybridized carbons (Fsp3) is 0.750. The van der Waals surface area contributed by atoms with E-state index in [0.717, 1.165) is 51.4 Å². The Kier molecular flexibility index (Phi) is 7.50. The summed E-state index contributed by atoms with van der Waals surface area (Å²) in [7, 11) is 0. The van der Waals surface area contributed by atoms with Crippen LogP contribution in [0.1, 0.15) is 64.7 Å². The highest BCUT2D eigenvalue weighted by Crippen LogP contribution is 2.50. The minimum Gasteiger partial charge on any atom is -0.392 e. The first kappa shape index (κ1) is 19.2. The maximum Gasteiger partial charge on any atom is 0.217 e. The number of fused-ring (bicyclic) bond motifs is 1. The summed E-state index contributed by atoms with van der Waals surface area (Å²) in [5.74, 6) is 0.904. The largest absolute Gasteiger partial charge is 0.392 e. The fourth-order valence-corrected chi connectivity index (χ4v) is 4.31. The number of hydrogen-bond donors (Lipinski definition) is 3. The van der Waals surface area contributed by atoms with E-state index in [4.69, 9.17) is 5.73 Å². The Balaban J connectivity index is 1.86. The molecule has 1 amide bonds. The van der Waals surface area contributed by atoms with Gasteiger partial charge in [-0.25, -0.2) is 0 Å². The first-order valence-corrected chi connectivity index (χ1v) is 9.52. The number of rotatable bonds is 9. The zero-order chi connectivity index (χ0) is 17.5. The van der Waals surface area contributed by atoms with Crippen LogP contribution in [0.4, 0.5) is 0 Å². The van der Waals surface area contributed by atoms with Gasteiger partial charge in [-0.1, -0.05) is 50.0 Å². The van der Waals surface area contributed by atoms with Gasteiger partial charge in [-0.15, -0.1) is 0 Å². The number of unbranched alkanes of at least 4 members (excludes halogenated alkanes) is 2. The SMILES string of the molecule is CCCCC[C@H](O)/C=C/[C@@H]1[C@H]2CC(=CCCC(N)=O)C[C@H]2C[C@H]1O. The molecule has 2 aliphatic carbocycles. The fourth-order valence-electron chi connectivity index (χ4n) is 4.31. The van der Waals surface area contributed by atoms with Crippen molar-refractivity contribution in [2.75, 3.05) is 0 Å². The third-order valence-corrected chi connectivity index (χ3v) is 5.59. The van der Waals surface area contributed by atoms with Crippen LogP contribution in [0.3, 0.4) is 0 Å². The van der Waals surface area contributed by atoms with E-state index in [9.17, 15) is 15.0 Å². The van der Waals surface area contributed by atoms with Crippen LogP contribution >= 0.6 is 0 Å². The molecule has 0 bridgehead atoms. The Morgan fingerprint density at radius 1 is 1.38 bits per heavy atom. The number of carbonyl (C=O) groups excluding carboxylic acids is 1. The molecular weight excluding hydrogens is 302 g/mol. The highest BCUT2D eigenvalue weighted by atomic mass is 16.3. The van der Waals surface area contributed by atoms with Gasteiger partial charge < -0.3 is 15.9 Å². The lowest BCUT2D eigenvalue weighted by molar-refractivity contribution is -0.117. The molecule has 4 heteroatoms. The van der Waals surface area contributed by atoms with Gasteiger partial charge in [0.05, 0.1) is 12.2 Å². The molecule has 2 saturated carbocycles. The third kappa shape index (κ3) is 5.45. The Morgan fingerprint density at radius 2 is 2.17 bits per heavy atom. The second-order valence-electron chi connectivity index (χ2n) is 7.53. The maximum atomic E-state index is 10.8. The molecule has 2 aliphatic rings. The summed E-state index contributed by atoms with van der Waals surface area (Å²) in [5, 5.41) is 20.4. The van der Waals surface area contributed by atoms with Gasteiger partial charge in [0.1, 0.15) is 0 Å². The van der Waals surface area contributed by atoms with Crippen LogP contribution in [0.15, 0.2) is 23.8 Å². The van der Waals surface area contributed by atoms with E-state index in [1.807, 2.05) is 6.08 Å². The van der Waals surface area contributed by atoms with Gasteiger partial charge in [-0.05, 0) is 43.9 Å². The van der Waals surface area contributed by atoms with Gasteiger partial charge in [-0.2, -0.15) is 0 Å². The van der Waals surface area contributed by atoms with E-state index in [2.05, 4.69) is 19.1 Å². The summed E-state index contributed by atoms with van der Waals surface area (Å²) in [5.41, 5.74) is 6.59. The Morgan fingerprint density at radius 3 is 2.88 bits per heavy atom. The molecule has 0 aliphatic heterocycles. The second kappa shape index (κ2) is 9.38. The van der Waals surface area contributed by atoms with Crippen molar-refractivity contribution >= 4 is 5.91 Å². The topological polar surface area (TPSA) is 83.5 Å². The Labute approximate surface area is 145 Å². The van der Waals surface area contributed by atoms with Crippen LogP contribution in [0.25, 0.3) is 0 Å². The smallest absolute Gasteiger partial charge is 0.217 e. The average molecular weight is 335 g/mol. The summed E-state index contributed by atoms with van der Waals surface area (Å²) in [6, 6.07) is 0. The van der Waals surface area contributed by atoms with Crippen molar-refractivity contribution in [3.05, 3.63) is 23.8 Å². The van der Waals surface area contributed by atoms with Gasteiger partial charge in [0.2, 0.25) is 5.91 Å². The maximum absolute atomic E-state index is 10.8. The van der Waals surface area contributed by atoms with Crippen molar-refractivity contribution in [2.45, 2.75) is 76.9 Å². The lowest BCUT2D eigenvalue weighted by Gasteiger charge is -2.17. The van der Waals surface area contributed by atoms with E-state index in [1.54, 1.807) is 0 Å². The number of primary amides is 1. The van der Waals surface area contributed by atoms with Crippen molar-refractivity contribution in [3.8, 4) is 0 Å². The molecule has 24 heavy (non-hydrogen) atoms. The molecular formula is C20H33NO3. The molecule has 2 fully saturated rings. The van der Waals surface area contributed by atoms with Crippen LogP contribution in [-0.4, -0.2) is 28.3 Å². The summed E-state index contributed by atoms with van der Waals surface area (Å²) >= 11 is 0. The van der Waals surface area contributed by atoms with Crippen LogP contribution in [0.5, 0.6) is 0 Å². The molecule has 0 aromatic rings. The lowest BCUT2D eigenvalue weighted by atomic mass is 9.90. The standard InChI is InChI=1S/C20H33NO3/c1-2-3-4-7-16(22)9-10-17-18-12-14(6-5-8-20(21)24)11-15(18)13-19(17)23/h6,9-10,15-19,22-23H,2-5,7-8,11-13H2,1H3,(H2,21,24)/b10-9+,14-6?/t15-,16-,17+,18-,19+/m0/s1. The van der Waals surface area contributed by atoms with Crippen LogP contribution < -0.4 is 5.73 Å². The minimum absolute atomic E-state index is 0.151. The van der Waals surface area contributed by atoms with Crippen molar-refractivity contribution in [2.24, 2.45) is 23.5 Å². The minimum atomic E-state index is -0.394. The number of nitrogens with two attached hydrogens (primary N) is 1. The predicted octanol–water partition coefficient (Wildman–Crippen LogP) is 3.08. The molecule has 0 heterocycles. The van der Waals surface area contributed by atoms with Crippen molar-refractivity contribution in [1.82, 2.24) is 0 Å². The Bertz CT molecular complexity index is 472. The molecule has 0 unspecified atom stereocenters. The van der Waals surface area contributed by atoms with Crippen molar-refractivity contribution in [3.63, 3.8) is 0 Å². The predicted molar refractivity (Wildman–Crippen MR) is 96.1 cm³/mol. The zero-order valence-corrected chi connectivity index (χ0v) is 14.9. The first-order chi connectivity index (χ1) is 11.5. The molecule has 0 saturated heterocycles. The second-order valence-corrected chi connectivity index (χ2v) is 7.53. The van der Waals surface area contributed by atoms with E-state index >= 15 is 0 Å². The molecule has 4 N–H and O–H groups in total. The molecule has 2 rings (SSSR count). The number of aliphatic hydroxyl groups excluding tert-OH is 2. The van der Waals surface area contributed by atoms with E-state index in [0.29, 0.717) is 18.3 Å². The highest BCUT2D eigenvalue weighted by molar-refractivity contribution is 5.73. The van der Waals surface area contributed by atoms with Crippen LogP contribution in [0, 0.1) is 17.8 Å². The number of allylic oxidation sites excluding steroid dienone is 2. The quantitative estimate of drug-likeness (QED) is 0.447. The molecule has 0 spiro atoms. The van der Waals surface area contributed by atoms with Crippen LogP contribution in [0.2, 0.25) is 0 Å². The van der Waals surface area contributed by atoms with E-state index in [1.165, 1.54) is 5.57 Å². The normalized spacial score (nSPS) is 32.5. The summed E-state index contributed by atoms with van der Waals surface area (Å²) in [6.45, 7) is 2.16. The molecule has 4 nitrogen and oxygen atoms in total. The highest BCUT2D eigenvalue weighted by Gasteiger charge is 2.44. The van der Waals surface area contributed by atoms with Crippen molar-refractivity contribution < 1.29 is 15.0 Å². The molecule has 0 radical (unpaired) electrons. The first-order valence-electron chi connectivity index (χ1n) is 9.52. The Hall–Kier alpha value is -1.13. The van der Waals surface area contributed by atoms with E-state index in [-0.39, 0.29) is 17.9 Å². The monoisotopic (exact) mass is 335 g/mol. The van der Waals surface area contributed by atoms with Crippen LogP contribution in [-0.2, 0) is 4.79 Å². The van der Waals surface area contributed by atoms with Gasteiger partial charge in [-0.3, -0.25) is 4.79 Å². The number of carbonyl (C=O) groups is 1. The van der Waals surface area contributed by atoms with Gasteiger partial charge in [0.25, 0.3) is 0 Å². The third-order valence-electron chi connectivity index (χ3n) is 5.59. The number of hydrogen-bond acceptors (Lipinski definition) is 3. The van der Waals surface area contributed by atoms with Crippen molar-refractivity contribution in [1.29, 1.82) is 0 Å². The zero-order valence-electron chi connectivity index (χ0n) is 14.9. The number of aliphatic hydroxyl groups is 2. The van der Waals surface area contributed by atoms with E-state index < -0.39 is 6.10 Å². The summed E-state index contributed by atoms with van der Waals surface area (Å²) < 4.78 is 0. The lowest BCUT2D eigenvalue weighted by Crippen LogP contribution is -2.17. The summed E-state index contributed by atoms with van der Waals surface area (Å²) in [4.78, 5) is 10.8. The van der Waals surface area contributed by atoms with Gasteiger partial charge in [0.15, 0.2) is 0 Å². The molecule has 0 aromatic heterocycles. The molecule has 136 valence electrons. The van der Waals surface area contributed by atoms with Gasteiger partial charge >= 0.3 is 0 Å². The molecule has 0 aromatic carbocycles. The number of amides is 1. The average Bonchev–Trinajstić information content (AvgIpc) is 3.02. The summed E-state index contributed by atoms with van der Waals surface area (Å²) in [6.07, 6.45) is 13.6. The van der Waals surface area contributed by atoms with Gasteiger partial charge in [0, 0.05) is 12.3 Å².